The summed E-state index contributed by atoms with van der Waals surface area (Å²) in [5, 5.41) is 20.2. The van der Waals surface area contributed by atoms with Crippen molar-refractivity contribution in [2.24, 2.45) is 5.41 Å². The van der Waals surface area contributed by atoms with E-state index in [1.54, 1.807) is 24.4 Å². The van der Waals surface area contributed by atoms with Crippen LogP contribution in [0.4, 0.5) is 26.0 Å². The number of β-amino-alcohol motifs (C(OH)–C–C–N with tert-alkyl or cyclic N) is 1. The number of benzene rings is 2. The molecule has 1 saturated carbocycles. The van der Waals surface area contributed by atoms with Crippen molar-refractivity contribution in [3.63, 3.8) is 0 Å². The third-order valence-corrected chi connectivity index (χ3v) is 14.3. The number of carbonyl (C=O) groups excluding carboxylic acids is 5. The van der Waals surface area contributed by atoms with Crippen LogP contribution in [0.2, 0.25) is 0 Å². The quantitative estimate of drug-likeness (QED) is 0.136. The molecule has 10 rings (SSSR count). The highest BCUT2D eigenvalue weighted by molar-refractivity contribution is 6.24. The molecule has 65 heavy (non-hydrogen) atoms. The molecule has 340 valence electrons. The molecule has 16 nitrogen and oxygen atoms in total. The number of piperidine rings is 3. The van der Waals surface area contributed by atoms with Gasteiger partial charge < -0.3 is 29.9 Å². The number of rotatable bonds is 10. The van der Waals surface area contributed by atoms with E-state index in [0.29, 0.717) is 53.7 Å². The Bertz CT molecular complexity index is 2550. The van der Waals surface area contributed by atoms with E-state index in [1.165, 1.54) is 30.5 Å². The fraction of sp³-hybridized carbons (Fsp3) is 0.457. The van der Waals surface area contributed by atoms with Gasteiger partial charge in [0.05, 0.1) is 35.0 Å². The molecule has 1 aliphatic carbocycles. The van der Waals surface area contributed by atoms with Gasteiger partial charge in [-0.15, -0.1) is 8.78 Å². The predicted octanol–water partition coefficient (Wildman–Crippen LogP) is 5.42. The van der Waals surface area contributed by atoms with Crippen molar-refractivity contribution in [3.8, 4) is 16.9 Å². The maximum absolute atomic E-state index is 13.4. The normalized spacial score (nSPS) is 22.9. The number of imide groups is 2. The van der Waals surface area contributed by atoms with Crippen molar-refractivity contribution in [2.75, 3.05) is 54.4 Å². The third kappa shape index (κ3) is 8.54. The average Bonchev–Trinajstić information content (AvgIpc) is 4.01. The highest BCUT2D eigenvalue weighted by Gasteiger charge is 2.49. The molecule has 7 heterocycles. The summed E-state index contributed by atoms with van der Waals surface area (Å²) in [6.45, 7) is 4.65. The number of aliphatic hydroxyl groups excluding tert-OH is 1. The molecule has 0 radical (unpaired) electrons. The minimum absolute atomic E-state index is 0.0798. The van der Waals surface area contributed by atoms with E-state index in [0.717, 1.165) is 80.9 Å². The lowest BCUT2D eigenvalue weighted by atomic mass is 9.59. The van der Waals surface area contributed by atoms with Gasteiger partial charge >= 0.3 is 5.57 Å². The summed E-state index contributed by atoms with van der Waals surface area (Å²) < 4.78 is 32.5. The SMILES string of the molecule is O=C1CCC(N2C(=O)c3ccc(N4CCC5(CC4)CC(N4CCC(n6cc(-c7cc(C(=O)Nc8ccc(OC(F)(F)Cl)cc8)cnc7N7CC[C@@H](O)C7)cn6)CC4)C5)cc3C2=O)C(=O)N1. The number of aliphatic hydroxyl groups is 1. The molecule has 5 fully saturated rings. The number of alkyl halides is 3. The highest BCUT2D eigenvalue weighted by Crippen LogP contribution is 2.52. The number of hydrogen-bond acceptors (Lipinski definition) is 12. The number of amides is 5. The number of fused-ring (bicyclic) bond motifs is 1. The summed E-state index contributed by atoms with van der Waals surface area (Å²) >= 11 is 4.87. The number of aromatic nitrogens is 3. The maximum Gasteiger partial charge on any atom is 0.487 e. The first-order valence-corrected chi connectivity index (χ1v) is 22.6. The fourth-order valence-electron chi connectivity index (χ4n) is 10.6. The van der Waals surface area contributed by atoms with E-state index in [4.69, 9.17) is 21.7 Å². The minimum Gasteiger partial charge on any atom is -0.420 e. The van der Waals surface area contributed by atoms with Crippen LogP contribution in [-0.4, -0.2) is 122 Å². The maximum atomic E-state index is 13.4. The molecule has 5 amide bonds. The number of pyridine rings is 1. The lowest BCUT2D eigenvalue weighted by Crippen LogP contribution is -2.56. The van der Waals surface area contributed by atoms with Gasteiger partial charge in [-0.25, -0.2) is 4.98 Å². The van der Waals surface area contributed by atoms with Crippen molar-refractivity contribution >= 4 is 58.3 Å². The van der Waals surface area contributed by atoms with Gasteiger partial charge in [-0.3, -0.25) is 38.9 Å². The van der Waals surface area contributed by atoms with Crippen molar-refractivity contribution in [1.82, 2.24) is 29.9 Å². The lowest BCUT2D eigenvalue weighted by Gasteiger charge is -2.56. The molecule has 1 unspecified atom stereocenters. The molecular weight excluding hydrogens is 864 g/mol. The van der Waals surface area contributed by atoms with Crippen LogP contribution in [0.3, 0.4) is 0 Å². The second-order valence-corrected chi connectivity index (χ2v) is 18.7. The number of carbonyl (C=O) groups is 5. The summed E-state index contributed by atoms with van der Waals surface area (Å²) in [4.78, 5) is 76.8. The number of ether oxygens (including phenoxy) is 1. The molecule has 19 heteroatoms. The number of halogens is 3. The summed E-state index contributed by atoms with van der Waals surface area (Å²) in [5.74, 6) is -1.96. The Morgan fingerprint density at radius 2 is 1.60 bits per heavy atom. The Balaban J connectivity index is 0.738. The topological polar surface area (TPSA) is 183 Å². The molecular formula is C46H48ClF2N9O7. The van der Waals surface area contributed by atoms with E-state index < -0.39 is 47.2 Å². The van der Waals surface area contributed by atoms with Crippen molar-refractivity contribution < 1.29 is 42.6 Å². The van der Waals surface area contributed by atoms with Crippen LogP contribution in [0.25, 0.3) is 11.1 Å². The first-order chi connectivity index (χ1) is 31.2. The van der Waals surface area contributed by atoms with Gasteiger partial charge in [0.1, 0.15) is 17.6 Å². The van der Waals surface area contributed by atoms with Crippen LogP contribution in [0, 0.1) is 5.41 Å². The molecule has 4 aromatic rings. The van der Waals surface area contributed by atoms with Crippen LogP contribution in [0.1, 0.15) is 94.9 Å². The Kier molecular flexibility index (Phi) is 11.1. The van der Waals surface area contributed by atoms with Gasteiger partial charge in [-0.2, -0.15) is 5.10 Å². The Labute approximate surface area is 377 Å². The smallest absolute Gasteiger partial charge is 0.420 e. The largest absolute Gasteiger partial charge is 0.487 e. The minimum atomic E-state index is -3.85. The summed E-state index contributed by atoms with van der Waals surface area (Å²) in [6, 6.07) is 12.3. The van der Waals surface area contributed by atoms with Crippen LogP contribution in [0.15, 0.2) is 67.1 Å². The third-order valence-electron chi connectivity index (χ3n) is 14.2. The van der Waals surface area contributed by atoms with Crippen LogP contribution >= 0.6 is 11.6 Å². The van der Waals surface area contributed by atoms with Crippen LogP contribution in [-0.2, 0) is 9.59 Å². The average molecular weight is 912 g/mol. The van der Waals surface area contributed by atoms with Crippen LogP contribution in [0.5, 0.6) is 5.75 Å². The van der Waals surface area contributed by atoms with Gasteiger partial charge in [-0.05, 0) is 105 Å². The number of nitrogens with zero attached hydrogens (tertiary/aromatic N) is 7. The number of nitrogens with one attached hydrogen (secondary N) is 2. The van der Waals surface area contributed by atoms with Crippen molar-refractivity contribution in [2.45, 2.75) is 87.6 Å². The van der Waals surface area contributed by atoms with Crippen molar-refractivity contribution in [3.05, 3.63) is 83.8 Å². The molecule has 5 aliphatic heterocycles. The monoisotopic (exact) mass is 911 g/mol. The van der Waals surface area contributed by atoms with E-state index in [9.17, 15) is 37.9 Å². The molecule has 2 aromatic carbocycles. The number of likely N-dealkylation sites (tertiary alicyclic amines) is 1. The zero-order valence-corrected chi connectivity index (χ0v) is 36.2. The van der Waals surface area contributed by atoms with E-state index in [1.807, 2.05) is 21.8 Å². The molecule has 2 aromatic heterocycles. The van der Waals surface area contributed by atoms with E-state index in [-0.39, 0.29) is 35.6 Å². The summed E-state index contributed by atoms with van der Waals surface area (Å²) in [5.41, 5.74) is 0.0812. The first-order valence-electron chi connectivity index (χ1n) is 22.2. The molecule has 1 spiro atoms. The Hall–Kier alpha value is -5.98. The second kappa shape index (κ2) is 16.8. The lowest BCUT2D eigenvalue weighted by molar-refractivity contribution is -0.136. The molecule has 4 saturated heterocycles. The molecule has 2 atom stereocenters. The van der Waals surface area contributed by atoms with Gasteiger partial charge in [0.2, 0.25) is 11.8 Å². The van der Waals surface area contributed by atoms with E-state index in [2.05, 4.69) is 25.2 Å². The Morgan fingerprint density at radius 3 is 2.29 bits per heavy atom. The second-order valence-electron chi connectivity index (χ2n) is 18.2. The highest BCUT2D eigenvalue weighted by atomic mass is 35.5. The van der Waals surface area contributed by atoms with Gasteiger partial charge in [0.25, 0.3) is 17.7 Å². The number of anilines is 3. The summed E-state index contributed by atoms with van der Waals surface area (Å²) in [6.07, 6.45) is 11.9. The molecule has 0 bridgehead atoms. The fourth-order valence-corrected chi connectivity index (χ4v) is 10.7. The van der Waals surface area contributed by atoms with Gasteiger partial charge in [0, 0.05) is 98.2 Å². The van der Waals surface area contributed by atoms with Crippen LogP contribution < -0.4 is 25.2 Å². The zero-order chi connectivity index (χ0) is 45.2. The van der Waals surface area contributed by atoms with E-state index >= 15 is 0 Å². The first kappa shape index (κ1) is 42.9. The predicted molar refractivity (Wildman–Crippen MR) is 234 cm³/mol. The summed E-state index contributed by atoms with van der Waals surface area (Å²) in [7, 11) is 0. The standard InChI is InChI=1S/C46H48ClF2N9O7/c47-46(48,49)65-34-4-1-29(2-5-34)52-41(61)27-19-36(40(50-23-27)56-16-11-33(59)26-56)28-24-51-57(25-28)30-9-14-54(15-10-30)32-21-45(22-32)12-17-55(18-13-45)31-3-6-35-37(20-31)44(64)58(43(35)63)38-7-8-39(60)53-42(38)62/h1-6,19-20,23-25,30,32-33,38,59H,7-18,21-22,26H2,(H,52,61)(H,53,60,62)/t33-,38?/m1/s1. The van der Waals surface area contributed by atoms with Gasteiger partial charge in [0.15, 0.2) is 0 Å². The molecule has 6 aliphatic rings. The Morgan fingerprint density at radius 1 is 0.862 bits per heavy atom. The molecule has 3 N–H and O–H groups in total. The van der Waals surface area contributed by atoms with Gasteiger partial charge in [-0.1, -0.05) is 0 Å². The van der Waals surface area contributed by atoms with Crippen molar-refractivity contribution in [1.29, 1.82) is 0 Å². The number of hydrogen-bond donors (Lipinski definition) is 3. The zero-order valence-electron chi connectivity index (χ0n) is 35.4.